The van der Waals surface area contributed by atoms with E-state index in [1.807, 2.05) is 52.7 Å². The number of aromatic nitrogens is 5. The number of nitrogens with zero attached hydrogens (tertiary/aromatic N) is 6. The third-order valence-corrected chi connectivity index (χ3v) is 5.86. The number of carbonyl (C=O) groups excluding carboxylic acids is 1. The lowest BCUT2D eigenvalue weighted by molar-refractivity contribution is -0.129. The van der Waals surface area contributed by atoms with Crippen LogP contribution in [0.4, 0.5) is 0 Å². The Kier molecular flexibility index (Phi) is 4.65. The third-order valence-electron chi connectivity index (χ3n) is 4.98. The molecule has 29 heavy (non-hydrogen) atoms. The average molecular weight is 406 g/mol. The van der Waals surface area contributed by atoms with Crippen molar-refractivity contribution in [1.29, 1.82) is 0 Å². The summed E-state index contributed by atoms with van der Waals surface area (Å²) < 4.78 is 7.15. The standard InChI is InChI=1S/C20H18N6O2S/c27-18(11-16-7-4-10-29-16)25-9-8-15(12-25)26-13-17(22-24-26)20-21-19(23-28-20)14-5-2-1-3-6-14/h1-7,10,13,15H,8-9,11-12H2/t15-/m0/s1. The molecule has 8 nitrogen and oxygen atoms in total. The number of likely N-dealkylation sites (tertiary alicyclic amines) is 1. The van der Waals surface area contributed by atoms with Gasteiger partial charge in [0.05, 0.1) is 18.7 Å². The van der Waals surface area contributed by atoms with Gasteiger partial charge in [-0.2, -0.15) is 4.98 Å². The second-order valence-corrected chi connectivity index (χ2v) is 7.94. The molecule has 4 aromatic rings. The monoisotopic (exact) mass is 406 g/mol. The van der Waals surface area contributed by atoms with Crippen LogP contribution in [-0.2, 0) is 11.2 Å². The first-order valence-electron chi connectivity index (χ1n) is 9.38. The first kappa shape index (κ1) is 17.7. The van der Waals surface area contributed by atoms with E-state index in [4.69, 9.17) is 4.52 Å². The van der Waals surface area contributed by atoms with Crippen LogP contribution in [0.3, 0.4) is 0 Å². The summed E-state index contributed by atoms with van der Waals surface area (Å²) in [5.41, 5.74) is 1.41. The van der Waals surface area contributed by atoms with Crippen molar-refractivity contribution >= 4 is 17.2 Å². The zero-order valence-corrected chi connectivity index (χ0v) is 16.3. The van der Waals surface area contributed by atoms with E-state index < -0.39 is 0 Å². The molecule has 1 amide bonds. The van der Waals surface area contributed by atoms with Gasteiger partial charge in [0.15, 0.2) is 5.69 Å². The maximum atomic E-state index is 12.5. The van der Waals surface area contributed by atoms with Crippen molar-refractivity contribution in [3.05, 3.63) is 58.9 Å². The molecule has 0 spiro atoms. The highest BCUT2D eigenvalue weighted by molar-refractivity contribution is 7.10. The second-order valence-electron chi connectivity index (χ2n) is 6.91. The Hall–Kier alpha value is -3.33. The van der Waals surface area contributed by atoms with Crippen molar-refractivity contribution in [2.75, 3.05) is 13.1 Å². The Morgan fingerprint density at radius 2 is 2.10 bits per heavy atom. The summed E-state index contributed by atoms with van der Waals surface area (Å²) in [5, 5.41) is 14.4. The highest BCUT2D eigenvalue weighted by Crippen LogP contribution is 2.25. The van der Waals surface area contributed by atoms with Crippen molar-refractivity contribution in [2.45, 2.75) is 18.9 Å². The van der Waals surface area contributed by atoms with E-state index in [9.17, 15) is 4.79 Å². The Morgan fingerprint density at radius 1 is 1.21 bits per heavy atom. The molecule has 4 heterocycles. The Bertz CT molecular complexity index is 1110. The number of amides is 1. The summed E-state index contributed by atoms with van der Waals surface area (Å²) in [5.74, 6) is 1.000. The first-order chi connectivity index (χ1) is 14.3. The predicted octanol–water partition coefficient (Wildman–Crippen LogP) is 3.07. The van der Waals surface area contributed by atoms with Gasteiger partial charge in [-0.3, -0.25) is 4.79 Å². The highest BCUT2D eigenvalue weighted by Gasteiger charge is 2.29. The highest BCUT2D eigenvalue weighted by atomic mass is 32.1. The van der Waals surface area contributed by atoms with Crippen molar-refractivity contribution in [3.63, 3.8) is 0 Å². The van der Waals surface area contributed by atoms with Gasteiger partial charge in [-0.25, -0.2) is 4.68 Å². The van der Waals surface area contributed by atoms with Gasteiger partial charge in [-0.1, -0.05) is 46.8 Å². The van der Waals surface area contributed by atoms with Crippen LogP contribution in [0.2, 0.25) is 0 Å². The van der Waals surface area contributed by atoms with Crippen LogP contribution in [0.1, 0.15) is 17.3 Å². The number of hydrogen-bond acceptors (Lipinski definition) is 7. The van der Waals surface area contributed by atoms with Crippen LogP contribution in [-0.4, -0.2) is 49.0 Å². The van der Waals surface area contributed by atoms with Crippen molar-refractivity contribution in [2.24, 2.45) is 0 Å². The summed E-state index contributed by atoms with van der Waals surface area (Å²) in [6.07, 6.45) is 3.11. The van der Waals surface area contributed by atoms with E-state index in [-0.39, 0.29) is 11.9 Å². The van der Waals surface area contributed by atoms with Crippen molar-refractivity contribution in [1.82, 2.24) is 30.0 Å². The molecule has 0 bridgehead atoms. The molecule has 0 aliphatic carbocycles. The molecule has 1 aromatic carbocycles. The molecule has 5 rings (SSSR count). The number of thiophene rings is 1. The van der Waals surface area contributed by atoms with Gasteiger partial charge in [0, 0.05) is 23.5 Å². The predicted molar refractivity (Wildman–Crippen MR) is 107 cm³/mol. The summed E-state index contributed by atoms with van der Waals surface area (Å²) in [7, 11) is 0. The molecular formula is C20H18N6O2S. The minimum absolute atomic E-state index is 0.0973. The largest absolute Gasteiger partial charge is 0.340 e. The van der Waals surface area contributed by atoms with Gasteiger partial charge in [0.1, 0.15) is 0 Å². The molecule has 0 N–H and O–H groups in total. The molecule has 9 heteroatoms. The summed E-state index contributed by atoms with van der Waals surface area (Å²) >= 11 is 1.61. The molecule has 1 saturated heterocycles. The Labute approximate surface area is 170 Å². The molecular weight excluding hydrogens is 388 g/mol. The SMILES string of the molecule is O=C(Cc1cccs1)N1CC[C@H](n2cc(-c3nc(-c4ccccc4)no3)nn2)C1. The fraction of sp³-hybridized carbons (Fsp3) is 0.250. The smallest absolute Gasteiger partial charge is 0.280 e. The second kappa shape index (κ2) is 7.59. The van der Waals surface area contributed by atoms with Crippen LogP contribution in [0.15, 0.2) is 58.6 Å². The van der Waals surface area contributed by atoms with Crippen LogP contribution >= 0.6 is 11.3 Å². The van der Waals surface area contributed by atoms with Crippen LogP contribution in [0.25, 0.3) is 23.0 Å². The lowest BCUT2D eigenvalue weighted by Gasteiger charge is -2.16. The van der Waals surface area contributed by atoms with Gasteiger partial charge >= 0.3 is 0 Å². The molecule has 1 fully saturated rings. The number of carbonyl (C=O) groups is 1. The van der Waals surface area contributed by atoms with Gasteiger partial charge < -0.3 is 9.42 Å². The van der Waals surface area contributed by atoms with Crippen LogP contribution < -0.4 is 0 Å². The first-order valence-corrected chi connectivity index (χ1v) is 10.3. The van der Waals surface area contributed by atoms with Crippen LogP contribution in [0, 0.1) is 0 Å². The van der Waals surface area contributed by atoms with Crippen molar-refractivity contribution in [3.8, 4) is 23.0 Å². The quantitative estimate of drug-likeness (QED) is 0.506. The minimum atomic E-state index is 0.0973. The molecule has 146 valence electrons. The molecule has 0 unspecified atom stereocenters. The van der Waals surface area contributed by atoms with Gasteiger partial charge in [-0.15, -0.1) is 16.4 Å². The molecule has 1 atom stereocenters. The summed E-state index contributed by atoms with van der Waals surface area (Å²) in [4.78, 5) is 19.9. The number of benzene rings is 1. The van der Waals surface area contributed by atoms with Gasteiger partial charge in [-0.05, 0) is 17.9 Å². The van der Waals surface area contributed by atoms with Crippen molar-refractivity contribution < 1.29 is 9.32 Å². The molecule has 1 aliphatic heterocycles. The normalized spacial score (nSPS) is 16.4. The van der Waals surface area contributed by atoms with E-state index >= 15 is 0 Å². The van der Waals surface area contributed by atoms with Gasteiger partial charge in [0.25, 0.3) is 5.89 Å². The number of rotatable bonds is 5. The average Bonchev–Trinajstić information content (AvgIpc) is 3.55. The van der Waals surface area contributed by atoms with E-state index in [2.05, 4.69) is 20.5 Å². The molecule has 1 aliphatic rings. The molecule has 0 saturated carbocycles. The number of hydrogen-bond donors (Lipinski definition) is 0. The summed E-state index contributed by atoms with van der Waals surface area (Å²) in [6, 6.07) is 13.7. The third kappa shape index (κ3) is 3.68. The van der Waals surface area contributed by atoms with E-state index in [1.165, 1.54) is 0 Å². The van der Waals surface area contributed by atoms with E-state index in [1.54, 1.807) is 22.2 Å². The topological polar surface area (TPSA) is 89.9 Å². The van der Waals surface area contributed by atoms with E-state index in [0.29, 0.717) is 30.4 Å². The lowest BCUT2D eigenvalue weighted by Crippen LogP contribution is -2.30. The zero-order chi connectivity index (χ0) is 19.6. The molecule has 3 aromatic heterocycles. The minimum Gasteiger partial charge on any atom is -0.340 e. The maximum Gasteiger partial charge on any atom is 0.280 e. The lowest BCUT2D eigenvalue weighted by atomic mass is 10.2. The fourth-order valence-electron chi connectivity index (χ4n) is 3.44. The molecule has 0 radical (unpaired) electrons. The van der Waals surface area contributed by atoms with E-state index in [0.717, 1.165) is 23.4 Å². The fourth-order valence-corrected chi connectivity index (χ4v) is 4.14. The van der Waals surface area contributed by atoms with Crippen LogP contribution in [0.5, 0.6) is 0 Å². The zero-order valence-electron chi connectivity index (χ0n) is 15.5. The van der Waals surface area contributed by atoms with Gasteiger partial charge in [0.2, 0.25) is 11.7 Å². The summed E-state index contributed by atoms with van der Waals surface area (Å²) in [6.45, 7) is 1.36. The Balaban J connectivity index is 1.26. The maximum absolute atomic E-state index is 12.5. The Morgan fingerprint density at radius 3 is 2.93 bits per heavy atom.